The van der Waals surface area contributed by atoms with Crippen molar-refractivity contribution in [2.75, 3.05) is 17.6 Å². The third-order valence-electron chi connectivity index (χ3n) is 2.19. The highest BCUT2D eigenvalue weighted by molar-refractivity contribution is 6.42. The zero-order valence-corrected chi connectivity index (χ0v) is 10.3. The monoisotopic (exact) mass is 246 g/mol. The highest BCUT2D eigenvalue weighted by atomic mass is 35.5. The Balaban J connectivity index is 2.57. The van der Waals surface area contributed by atoms with E-state index in [0.717, 1.165) is 18.7 Å². The van der Waals surface area contributed by atoms with Gasteiger partial charge >= 0.3 is 0 Å². The number of nitrogens with two attached hydrogens (primary N) is 1. The number of anilines is 2. The summed E-state index contributed by atoms with van der Waals surface area (Å²) in [5.41, 5.74) is 7.30. The van der Waals surface area contributed by atoms with E-state index in [4.69, 9.17) is 28.9 Å². The van der Waals surface area contributed by atoms with Crippen LogP contribution in [0.25, 0.3) is 0 Å². The molecule has 1 aromatic rings. The molecular weight excluding hydrogens is 231 g/mol. The summed E-state index contributed by atoms with van der Waals surface area (Å²) in [7, 11) is 0. The average Bonchev–Trinajstić information content (AvgIpc) is 2.20. The number of benzene rings is 1. The first kappa shape index (κ1) is 12.5. The highest BCUT2D eigenvalue weighted by Gasteiger charge is 2.03. The first-order valence-corrected chi connectivity index (χ1v) is 5.89. The summed E-state index contributed by atoms with van der Waals surface area (Å²) in [5, 5.41) is 4.27. The van der Waals surface area contributed by atoms with Crippen molar-refractivity contribution in [2.45, 2.75) is 26.2 Å². The van der Waals surface area contributed by atoms with E-state index in [1.54, 1.807) is 12.1 Å². The molecule has 84 valence electrons. The Morgan fingerprint density at radius 3 is 2.53 bits per heavy atom. The molecule has 4 heteroatoms. The highest BCUT2D eigenvalue weighted by Crippen LogP contribution is 2.30. The van der Waals surface area contributed by atoms with Crippen molar-refractivity contribution in [3.8, 4) is 0 Å². The van der Waals surface area contributed by atoms with Crippen molar-refractivity contribution in [3.05, 3.63) is 22.2 Å². The number of nitrogen functional groups attached to an aromatic ring is 1. The topological polar surface area (TPSA) is 38.0 Å². The Hall–Kier alpha value is -0.600. The van der Waals surface area contributed by atoms with Gasteiger partial charge in [-0.05, 0) is 18.6 Å². The van der Waals surface area contributed by atoms with Gasteiger partial charge in [0.1, 0.15) is 0 Å². The van der Waals surface area contributed by atoms with Gasteiger partial charge in [-0.3, -0.25) is 0 Å². The molecule has 0 fully saturated rings. The molecule has 0 atom stereocenters. The second-order valence-electron chi connectivity index (χ2n) is 3.49. The molecular formula is C11H16Cl2N2. The summed E-state index contributed by atoms with van der Waals surface area (Å²) in [6.07, 6.45) is 3.56. The van der Waals surface area contributed by atoms with Crippen LogP contribution >= 0.6 is 23.2 Å². The van der Waals surface area contributed by atoms with Crippen LogP contribution in [0.5, 0.6) is 0 Å². The summed E-state index contributed by atoms with van der Waals surface area (Å²) in [4.78, 5) is 0. The lowest BCUT2D eigenvalue weighted by Crippen LogP contribution is -2.04. The second kappa shape index (κ2) is 6.09. The van der Waals surface area contributed by atoms with Crippen molar-refractivity contribution in [1.29, 1.82) is 0 Å². The van der Waals surface area contributed by atoms with Gasteiger partial charge in [-0.25, -0.2) is 0 Å². The molecule has 1 aromatic carbocycles. The minimum absolute atomic E-state index is 0.494. The number of hydrogen-bond donors (Lipinski definition) is 2. The molecule has 0 saturated carbocycles. The van der Waals surface area contributed by atoms with Crippen molar-refractivity contribution >= 4 is 34.6 Å². The van der Waals surface area contributed by atoms with Crippen LogP contribution < -0.4 is 11.1 Å². The molecule has 0 aromatic heterocycles. The van der Waals surface area contributed by atoms with E-state index < -0.39 is 0 Å². The van der Waals surface area contributed by atoms with Gasteiger partial charge in [0, 0.05) is 6.54 Å². The van der Waals surface area contributed by atoms with Gasteiger partial charge in [0.25, 0.3) is 0 Å². The molecule has 0 aliphatic carbocycles. The van der Waals surface area contributed by atoms with Gasteiger partial charge in [-0.15, -0.1) is 0 Å². The zero-order chi connectivity index (χ0) is 11.3. The van der Waals surface area contributed by atoms with Crippen LogP contribution in [0.2, 0.25) is 10.0 Å². The van der Waals surface area contributed by atoms with E-state index in [-0.39, 0.29) is 0 Å². The molecule has 0 bridgehead atoms. The molecule has 0 aliphatic rings. The average molecular weight is 247 g/mol. The second-order valence-corrected chi connectivity index (χ2v) is 4.30. The molecule has 2 nitrogen and oxygen atoms in total. The molecule has 0 radical (unpaired) electrons. The van der Waals surface area contributed by atoms with Crippen molar-refractivity contribution in [2.24, 2.45) is 0 Å². The lowest BCUT2D eigenvalue weighted by molar-refractivity contribution is 0.744. The van der Waals surface area contributed by atoms with E-state index in [1.165, 1.54) is 12.8 Å². The Kier molecular flexibility index (Phi) is 5.06. The SMILES string of the molecule is CCCCCNc1cc(Cl)c(Cl)cc1N. The normalized spacial score (nSPS) is 10.3. The molecule has 0 saturated heterocycles. The summed E-state index contributed by atoms with van der Waals surface area (Å²) in [6.45, 7) is 3.09. The number of rotatable bonds is 5. The number of hydrogen-bond acceptors (Lipinski definition) is 2. The third kappa shape index (κ3) is 3.80. The van der Waals surface area contributed by atoms with E-state index >= 15 is 0 Å². The summed E-state index contributed by atoms with van der Waals surface area (Å²) in [6, 6.07) is 3.44. The van der Waals surface area contributed by atoms with Gasteiger partial charge in [0.2, 0.25) is 0 Å². The zero-order valence-electron chi connectivity index (χ0n) is 8.82. The quantitative estimate of drug-likeness (QED) is 0.605. The van der Waals surface area contributed by atoms with Gasteiger partial charge in [0.15, 0.2) is 0 Å². The van der Waals surface area contributed by atoms with Crippen LogP contribution in [-0.2, 0) is 0 Å². The predicted octanol–water partition coefficient (Wildman–Crippen LogP) is 4.18. The molecule has 0 aliphatic heterocycles. The molecule has 3 N–H and O–H groups in total. The van der Waals surface area contributed by atoms with Gasteiger partial charge in [-0.1, -0.05) is 43.0 Å². The van der Waals surface area contributed by atoms with E-state index in [1.807, 2.05) is 0 Å². The Morgan fingerprint density at radius 1 is 1.20 bits per heavy atom. The predicted molar refractivity (Wildman–Crippen MR) is 68.9 cm³/mol. The van der Waals surface area contributed by atoms with Gasteiger partial charge in [-0.2, -0.15) is 0 Å². The maximum atomic E-state index is 5.90. The summed E-state index contributed by atoms with van der Waals surface area (Å²) >= 11 is 11.7. The number of nitrogens with one attached hydrogen (secondary N) is 1. The summed E-state index contributed by atoms with van der Waals surface area (Å²) in [5.74, 6) is 0. The lowest BCUT2D eigenvalue weighted by Gasteiger charge is -2.10. The van der Waals surface area contributed by atoms with E-state index in [0.29, 0.717) is 15.7 Å². The maximum absolute atomic E-state index is 5.90. The van der Waals surface area contributed by atoms with Crippen LogP contribution in [0.3, 0.4) is 0 Å². The van der Waals surface area contributed by atoms with Gasteiger partial charge in [0.05, 0.1) is 21.4 Å². The smallest absolute Gasteiger partial charge is 0.0614 e. The molecule has 0 unspecified atom stereocenters. The van der Waals surface area contributed by atoms with Crippen LogP contribution in [0.1, 0.15) is 26.2 Å². The number of unbranched alkanes of at least 4 members (excludes halogenated alkanes) is 2. The lowest BCUT2D eigenvalue weighted by atomic mass is 10.2. The molecule has 1 rings (SSSR count). The minimum atomic E-state index is 0.494. The largest absolute Gasteiger partial charge is 0.397 e. The Labute approximate surface area is 101 Å². The first-order valence-electron chi connectivity index (χ1n) is 5.13. The van der Waals surface area contributed by atoms with Crippen LogP contribution in [0.4, 0.5) is 11.4 Å². The van der Waals surface area contributed by atoms with Crippen molar-refractivity contribution in [1.82, 2.24) is 0 Å². The first-order chi connectivity index (χ1) is 7.15. The third-order valence-corrected chi connectivity index (χ3v) is 2.91. The molecule has 0 heterocycles. The van der Waals surface area contributed by atoms with Crippen LogP contribution in [0.15, 0.2) is 12.1 Å². The Bertz CT molecular complexity index is 327. The van der Waals surface area contributed by atoms with Crippen molar-refractivity contribution in [3.63, 3.8) is 0 Å². The number of halogens is 2. The summed E-state index contributed by atoms with van der Waals surface area (Å²) < 4.78 is 0. The fourth-order valence-electron chi connectivity index (χ4n) is 1.31. The van der Waals surface area contributed by atoms with Crippen LogP contribution in [-0.4, -0.2) is 6.54 Å². The van der Waals surface area contributed by atoms with Gasteiger partial charge < -0.3 is 11.1 Å². The van der Waals surface area contributed by atoms with E-state index in [9.17, 15) is 0 Å². The standard InChI is InChI=1S/C11H16Cl2N2/c1-2-3-4-5-15-11-7-9(13)8(12)6-10(11)14/h6-7,15H,2-5,14H2,1H3. The fraction of sp³-hybridized carbons (Fsp3) is 0.455. The van der Waals surface area contributed by atoms with E-state index in [2.05, 4.69) is 12.2 Å². The maximum Gasteiger partial charge on any atom is 0.0614 e. The van der Waals surface area contributed by atoms with Crippen molar-refractivity contribution < 1.29 is 0 Å². The molecule has 0 amide bonds. The molecule has 15 heavy (non-hydrogen) atoms. The Morgan fingerprint density at radius 2 is 1.87 bits per heavy atom. The fourth-order valence-corrected chi connectivity index (χ4v) is 1.65. The minimum Gasteiger partial charge on any atom is -0.397 e. The van der Waals surface area contributed by atoms with Crippen LogP contribution in [0, 0.1) is 0 Å². The molecule has 0 spiro atoms.